The zero-order chi connectivity index (χ0) is 13.9. The van der Waals surface area contributed by atoms with Gasteiger partial charge in [-0.3, -0.25) is 0 Å². The van der Waals surface area contributed by atoms with Crippen LogP contribution in [-0.4, -0.2) is 19.5 Å². The van der Waals surface area contributed by atoms with E-state index in [9.17, 15) is 13.2 Å². The van der Waals surface area contributed by atoms with Gasteiger partial charge in [0.2, 0.25) is 0 Å². The molecule has 2 unspecified atom stereocenters. The molecule has 2 atom stereocenters. The number of rotatable bonds is 3. The first-order valence-electron chi connectivity index (χ1n) is 6.51. The first-order chi connectivity index (χ1) is 8.98. The molecule has 0 heterocycles. The van der Waals surface area contributed by atoms with Gasteiger partial charge in [0.25, 0.3) is 0 Å². The Morgan fingerprint density at radius 2 is 2.05 bits per heavy atom. The van der Waals surface area contributed by atoms with Crippen LogP contribution in [0.2, 0.25) is 0 Å². The average molecular weight is 273 g/mol. The normalized spacial score (nSPS) is 24.2. The maximum atomic E-state index is 12.2. The molecule has 0 aliphatic heterocycles. The van der Waals surface area contributed by atoms with Crippen molar-refractivity contribution >= 4 is 0 Å². The summed E-state index contributed by atoms with van der Waals surface area (Å²) >= 11 is 0. The SMILES string of the molecule is CNC1CCCC(c2cccc(OC(F)(F)F)c2)C1. The lowest BCUT2D eigenvalue weighted by Crippen LogP contribution is -2.30. The number of ether oxygens (including phenoxy) is 1. The van der Waals surface area contributed by atoms with E-state index >= 15 is 0 Å². The molecule has 1 aliphatic carbocycles. The van der Waals surface area contributed by atoms with Crippen molar-refractivity contribution in [3.63, 3.8) is 0 Å². The van der Waals surface area contributed by atoms with E-state index < -0.39 is 6.36 Å². The minimum absolute atomic E-state index is 0.128. The molecule has 1 aromatic rings. The predicted octanol–water partition coefficient (Wildman–Crippen LogP) is 3.83. The number of halogens is 3. The first-order valence-corrected chi connectivity index (χ1v) is 6.51. The van der Waals surface area contributed by atoms with E-state index in [1.165, 1.54) is 12.1 Å². The predicted molar refractivity (Wildman–Crippen MR) is 67.2 cm³/mol. The van der Waals surface area contributed by atoms with E-state index in [1.807, 2.05) is 13.1 Å². The second kappa shape index (κ2) is 5.82. The van der Waals surface area contributed by atoms with Crippen molar-refractivity contribution in [2.75, 3.05) is 7.05 Å². The summed E-state index contributed by atoms with van der Waals surface area (Å²) in [4.78, 5) is 0. The average Bonchev–Trinajstić information content (AvgIpc) is 2.37. The maximum absolute atomic E-state index is 12.2. The van der Waals surface area contributed by atoms with Gasteiger partial charge in [0, 0.05) is 6.04 Å². The summed E-state index contributed by atoms with van der Waals surface area (Å²) in [7, 11) is 1.93. The molecule has 2 nitrogen and oxygen atoms in total. The van der Waals surface area contributed by atoms with Crippen LogP contribution in [0.1, 0.15) is 37.2 Å². The highest BCUT2D eigenvalue weighted by atomic mass is 19.4. The van der Waals surface area contributed by atoms with Gasteiger partial charge in [-0.05, 0) is 49.9 Å². The van der Waals surface area contributed by atoms with Crippen LogP contribution in [0.5, 0.6) is 5.75 Å². The van der Waals surface area contributed by atoms with Crippen LogP contribution in [0.15, 0.2) is 24.3 Å². The van der Waals surface area contributed by atoms with Crippen LogP contribution in [0.3, 0.4) is 0 Å². The fraction of sp³-hybridized carbons (Fsp3) is 0.571. The molecule has 0 saturated heterocycles. The van der Waals surface area contributed by atoms with Crippen molar-refractivity contribution in [3.8, 4) is 5.75 Å². The number of hydrogen-bond donors (Lipinski definition) is 1. The Labute approximate surface area is 111 Å². The van der Waals surface area contributed by atoms with Gasteiger partial charge in [0.15, 0.2) is 0 Å². The number of hydrogen-bond acceptors (Lipinski definition) is 2. The lowest BCUT2D eigenvalue weighted by atomic mass is 9.81. The molecule has 0 aromatic heterocycles. The summed E-state index contributed by atoms with van der Waals surface area (Å²) in [5.74, 6) is 0.180. The molecule has 2 rings (SSSR count). The topological polar surface area (TPSA) is 21.3 Å². The molecule has 1 aliphatic rings. The molecule has 106 valence electrons. The first kappa shape index (κ1) is 14.2. The molecule has 1 N–H and O–H groups in total. The molecule has 0 bridgehead atoms. The number of nitrogens with one attached hydrogen (secondary N) is 1. The van der Waals surface area contributed by atoms with E-state index in [1.54, 1.807) is 6.07 Å². The van der Waals surface area contributed by atoms with Crippen LogP contribution < -0.4 is 10.1 Å². The molecule has 0 spiro atoms. The Bertz CT molecular complexity index is 419. The highest BCUT2D eigenvalue weighted by molar-refractivity contribution is 5.31. The van der Waals surface area contributed by atoms with Crippen molar-refractivity contribution in [2.45, 2.75) is 44.0 Å². The van der Waals surface area contributed by atoms with Crippen molar-refractivity contribution in [1.82, 2.24) is 5.32 Å². The molecule has 1 aromatic carbocycles. The van der Waals surface area contributed by atoms with Crippen LogP contribution >= 0.6 is 0 Å². The quantitative estimate of drug-likeness (QED) is 0.903. The van der Waals surface area contributed by atoms with Crippen molar-refractivity contribution in [1.29, 1.82) is 0 Å². The largest absolute Gasteiger partial charge is 0.573 e. The standard InChI is InChI=1S/C14H18F3NO/c1-18-12-6-2-4-10(8-12)11-5-3-7-13(9-11)19-14(15,16)17/h3,5,7,9-10,12,18H,2,4,6,8H2,1H3. The van der Waals surface area contributed by atoms with Gasteiger partial charge in [-0.25, -0.2) is 0 Å². The van der Waals surface area contributed by atoms with Crippen LogP contribution in [-0.2, 0) is 0 Å². The lowest BCUT2D eigenvalue weighted by Gasteiger charge is -2.29. The highest BCUT2D eigenvalue weighted by Gasteiger charge is 2.31. The van der Waals surface area contributed by atoms with Crippen LogP contribution in [0, 0.1) is 0 Å². The molecule has 5 heteroatoms. The molecule has 0 radical (unpaired) electrons. The second-order valence-corrected chi connectivity index (χ2v) is 4.97. The summed E-state index contributed by atoms with van der Waals surface area (Å²) in [6.45, 7) is 0. The third-order valence-electron chi connectivity index (χ3n) is 3.65. The van der Waals surface area contributed by atoms with Gasteiger partial charge in [0.05, 0.1) is 0 Å². The molecular formula is C14H18F3NO. The van der Waals surface area contributed by atoms with Crippen molar-refractivity contribution in [2.24, 2.45) is 0 Å². The van der Waals surface area contributed by atoms with Gasteiger partial charge in [-0.2, -0.15) is 0 Å². The van der Waals surface area contributed by atoms with Gasteiger partial charge >= 0.3 is 6.36 Å². The third kappa shape index (κ3) is 4.13. The molecule has 0 amide bonds. The summed E-state index contributed by atoms with van der Waals surface area (Å²) in [6.07, 6.45) is -0.412. The van der Waals surface area contributed by atoms with E-state index in [0.717, 1.165) is 31.2 Å². The summed E-state index contributed by atoms with van der Waals surface area (Å²) in [5.41, 5.74) is 0.932. The maximum Gasteiger partial charge on any atom is 0.573 e. The van der Waals surface area contributed by atoms with Crippen LogP contribution in [0.4, 0.5) is 13.2 Å². The summed E-state index contributed by atoms with van der Waals surface area (Å²) < 4.78 is 40.6. The highest BCUT2D eigenvalue weighted by Crippen LogP contribution is 2.35. The van der Waals surface area contributed by atoms with E-state index in [-0.39, 0.29) is 5.75 Å². The Balaban J connectivity index is 2.09. The Kier molecular flexibility index (Phi) is 4.34. The smallest absolute Gasteiger partial charge is 0.406 e. The van der Waals surface area contributed by atoms with Crippen molar-refractivity contribution < 1.29 is 17.9 Å². The third-order valence-corrected chi connectivity index (χ3v) is 3.65. The van der Waals surface area contributed by atoms with E-state index in [2.05, 4.69) is 10.1 Å². The number of benzene rings is 1. The lowest BCUT2D eigenvalue weighted by molar-refractivity contribution is -0.274. The van der Waals surface area contributed by atoms with Crippen LogP contribution in [0.25, 0.3) is 0 Å². The number of alkyl halides is 3. The van der Waals surface area contributed by atoms with E-state index in [0.29, 0.717) is 12.0 Å². The zero-order valence-corrected chi connectivity index (χ0v) is 10.8. The summed E-state index contributed by atoms with van der Waals surface area (Å²) in [6, 6.07) is 6.81. The molecule has 19 heavy (non-hydrogen) atoms. The Morgan fingerprint density at radius 1 is 1.26 bits per heavy atom. The van der Waals surface area contributed by atoms with Gasteiger partial charge in [0.1, 0.15) is 5.75 Å². The zero-order valence-electron chi connectivity index (χ0n) is 10.8. The summed E-state index contributed by atoms with van der Waals surface area (Å²) in [5, 5.41) is 3.25. The van der Waals surface area contributed by atoms with Gasteiger partial charge in [-0.15, -0.1) is 13.2 Å². The minimum atomic E-state index is -4.63. The van der Waals surface area contributed by atoms with Gasteiger partial charge < -0.3 is 10.1 Å². The Morgan fingerprint density at radius 3 is 2.74 bits per heavy atom. The molecule has 1 fully saturated rings. The second-order valence-electron chi connectivity index (χ2n) is 4.97. The van der Waals surface area contributed by atoms with Crippen molar-refractivity contribution in [3.05, 3.63) is 29.8 Å². The minimum Gasteiger partial charge on any atom is -0.406 e. The molecule has 1 saturated carbocycles. The fourth-order valence-corrected chi connectivity index (χ4v) is 2.72. The monoisotopic (exact) mass is 273 g/mol. The van der Waals surface area contributed by atoms with Gasteiger partial charge in [-0.1, -0.05) is 18.6 Å². The fourth-order valence-electron chi connectivity index (χ4n) is 2.72. The molecular weight excluding hydrogens is 255 g/mol. The van der Waals surface area contributed by atoms with E-state index in [4.69, 9.17) is 0 Å². The Hall–Kier alpha value is -1.23.